The Bertz CT molecular complexity index is 507. The summed E-state index contributed by atoms with van der Waals surface area (Å²) in [4.78, 5) is 3.30. The van der Waals surface area contributed by atoms with Crippen LogP contribution < -0.4 is 9.88 Å². The highest BCUT2D eigenvalue weighted by molar-refractivity contribution is 7.89. The summed E-state index contributed by atoms with van der Waals surface area (Å²) in [7, 11) is -3.10. The molecule has 9 heteroatoms. The van der Waals surface area contributed by atoms with Crippen molar-refractivity contribution in [2.24, 2.45) is 5.14 Å². The van der Waals surface area contributed by atoms with E-state index in [-0.39, 0.29) is 0 Å². The number of rotatable bonds is 3. The van der Waals surface area contributed by atoms with Gasteiger partial charge in [-0.1, -0.05) is 11.6 Å². The Kier molecular flexibility index (Phi) is 3.66. The summed E-state index contributed by atoms with van der Waals surface area (Å²) in [6.07, 6.45) is -2.24. The van der Waals surface area contributed by atoms with E-state index in [9.17, 15) is 17.2 Å². The zero-order chi connectivity index (χ0) is 12.5. The molecular weight excluding hydrogens is 266 g/mol. The van der Waals surface area contributed by atoms with Gasteiger partial charge in [-0.15, -0.1) is 0 Å². The van der Waals surface area contributed by atoms with Crippen LogP contribution in [0, 0.1) is 0 Å². The molecule has 0 unspecified atom stereocenters. The number of nitrogens with zero attached hydrogens (tertiary/aromatic N) is 1. The molecule has 0 saturated heterocycles. The summed E-state index contributed by atoms with van der Waals surface area (Å²) < 4.78 is 51.5. The molecule has 1 rings (SSSR count). The minimum absolute atomic E-state index is 0.484. The molecule has 1 aromatic heterocycles. The molecule has 0 aliphatic heterocycles. The van der Waals surface area contributed by atoms with Crippen molar-refractivity contribution in [1.29, 1.82) is 0 Å². The summed E-state index contributed by atoms with van der Waals surface area (Å²) in [5, 5.41) is 3.62. The van der Waals surface area contributed by atoms with Gasteiger partial charge >= 0.3 is 0 Å². The Morgan fingerprint density at radius 1 is 1.56 bits per heavy atom. The Morgan fingerprint density at radius 3 is 2.50 bits per heavy atom. The summed E-state index contributed by atoms with van der Waals surface area (Å²) in [5.74, 6) is -0.484. The van der Waals surface area contributed by atoms with E-state index in [1.165, 1.54) is 0 Å². The summed E-state index contributed by atoms with van der Waals surface area (Å²) in [6.45, 7) is 0. The van der Waals surface area contributed by atoms with E-state index in [4.69, 9.17) is 16.7 Å². The highest BCUT2D eigenvalue weighted by atomic mass is 35.5. The molecule has 90 valence electrons. The van der Waals surface area contributed by atoms with Crippen molar-refractivity contribution in [3.8, 4) is 5.75 Å². The molecule has 0 saturated carbocycles. The van der Waals surface area contributed by atoms with E-state index < -0.39 is 37.8 Å². The van der Waals surface area contributed by atoms with Crippen molar-refractivity contribution in [3.63, 3.8) is 0 Å². The first-order chi connectivity index (χ1) is 7.29. The number of hydrogen-bond acceptors (Lipinski definition) is 4. The number of aromatic nitrogens is 1. The van der Waals surface area contributed by atoms with E-state index in [0.717, 1.165) is 7.11 Å². The molecule has 1 heterocycles. The zero-order valence-electron chi connectivity index (χ0n) is 7.95. The fraction of sp³-hybridized carbons (Fsp3) is 0.286. The zero-order valence-corrected chi connectivity index (χ0v) is 9.52. The minimum Gasteiger partial charge on any atom is -0.492 e. The molecule has 0 bridgehead atoms. The number of primary sulfonamides is 1. The van der Waals surface area contributed by atoms with Crippen molar-refractivity contribution in [1.82, 2.24) is 4.98 Å². The summed E-state index contributed by atoms with van der Waals surface area (Å²) >= 11 is 5.55. The molecular formula is C7H7ClF2N2O3S. The maximum Gasteiger partial charge on any atom is 0.266 e. The van der Waals surface area contributed by atoms with Gasteiger partial charge in [0.1, 0.15) is 0 Å². The third-order valence-electron chi connectivity index (χ3n) is 1.68. The molecule has 16 heavy (non-hydrogen) atoms. The van der Waals surface area contributed by atoms with Gasteiger partial charge in [-0.25, -0.2) is 27.3 Å². The molecule has 0 atom stereocenters. The molecule has 5 nitrogen and oxygen atoms in total. The van der Waals surface area contributed by atoms with E-state index in [1.807, 2.05) is 0 Å². The van der Waals surface area contributed by atoms with E-state index in [0.29, 0.717) is 6.20 Å². The third-order valence-corrected chi connectivity index (χ3v) is 2.90. The molecule has 0 radical (unpaired) electrons. The Hall–Kier alpha value is -0.990. The van der Waals surface area contributed by atoms with Crippen LogP contribution in [-0.2, 0) is 10.0 Å². The normalized spacial score (nSPS) is 11.9. The molecule has 2 N–H and O–H groups in total. The van der Waals surface area contributed by atoms with Crippen LogP contribution in [0.4, 0.5) is 8.78 Å². The average molecular weight is 273 g/mol. The number of sulfonamides is 1. The standard InChI is InChI=1S/C7H7ClF2N2O3S/c1-15-5-4(8)3(6(9)10)2-12-7(5)16(11,13)14/h2,6H,1H3,(H2,11,13,14). The maximum atomic E-state index is 12.4. The Morgan fingerprint density at radius 2 is 2.12 bits per heavy atom. The van der Waals surface area contributed by atoms with Crippen LogP contribution >= 0.6 is 11.6 Å². The van der Waals surface area contributed by atoms with Gasteiger partial charge in [0.2, 0.25) is 5.03 Å². The van der Waals surface area contributed by atoms with Gasteiger partial charge in [-0.3, -0.25) is 0 Å². The summed E-state index contributed by atoms with van der Waals surface area (Å²) in [5.41, 5.74) is -0.620. The SMILES string of the molecule is COc1c(S(N)(=O)=O)ncc(C(F)F)c1Cl. The quantitative estimate of drug-likeness (QED) is 0.900. The highest BCUT2D eigenvalue weighted by Crippen LogP contribution is 2.36. The van der Waals surface area contributed by atoms with Crippen molar-refractivity contribution in [2.45, 2.75) is 11.5 Å². The fourth-order valence-corrected chi connectivity index (χ4v) is 2.00. The monoisotopic (exact) mass is 272 g/mol. The van der Waals surface area contributed by atoms with Crippen molar-refractivity contribution < 1.29 is 21.9 Å². The lowest BCUT2D eigenvalue weighted by Gasteiger charge is -2.10. The molecule has 0 fully saturated rings. The Balaban J connectivity index is 3.54. The largest absolute Gasteiger partial charge is 0.492 e. The topological polar surface area (TPSA) is 82.3 Å². The van der Waals surface area contributed by atoms with Gasteiger partial charge in [0.15, 0.2) is 5.75 Å². The number of nitrogens with two attached hydrogens (primary N) is 1. The van der Waals surface area contributed by atoms with Crippen LogP contribution in [0.15, 0.2) is 11.2 Å². The number of methoxy groups -OCH3 is 1. The first kappa shape index (κ1) is 13.1. The second-order valence-corrected chi connectivity index (χ2v) is 4.57. The maximum absolute atomic E-state index is 12.4. The average Bonchev–Trinajstić information content (AvgIpc) is 2.15. The van der Waals surface area contributed by atoms with Gasteiger partial charge in [-0.05, 0) is 0 Å². The Labute approximate surface area is 95.2 Å². The van der Waals surface area contributed by atoms with Crippen molar-refractivity contribution in [3.05, 3.63) is 16.8 Å². The molecule has 0 aliphatic rings. The van der Waals surface area contributed by atoms with E-state index in [2.05, 4.69) is 9.72 Å². The van der Waals surface area contributed by atoms with E-state index in [1.54, 1.807) is 0 Å². The highest BCUT2D eigenvalue weighted by Gasteiger charge is 2.25. The lowest BCUT2D eigenvalue weighted by Crippen LogP contribution is -2.16. The van der Waals surface area contributed by atoms with Gasteiger partial charge in [0.25, 0.3) is 16.4 Å². The number of alkyl halides is 2. The van der Waals surface area contributed by atoms with Crippen LogP contribution in [0.2, 0.25) is 5.02 Å². The second kappa shape index (κ2) is 4.48. The third kappa shape index (κ3) is 2.39. The van der Waals surface area contributed by atoms with Gasteiger partial charge < -0.3 is 4.74 Å². The lowest BCUT2D eigenvalue weighted by atomic mass is 10.3. The molecule has 0 aromatic carbocycles. The van der Waals surface area contributed by atoms with Gasteiger partial charge in [0, 0.05) is 6.20 Å². The molecule has 0 aliphatic carbocycles. The van der Waals surface area contributed by atoms with Crippen molar-refractivity contribution >= 4 is 21.6 Å². The first-order valence-corrected chi connectivity index (χ1v) is 5.74. The second-order valence-electron chi connectivity index (χ2n) is 2.71. The lowest BCUT2D eigenvalue weighted by molar-refractivity contribution is 0.150. The predicted octanol–water partition coefficient (Wildman–Crippen LogP) is 1.33. The number of halogens is 3. The van der Waals surface area contributed by atoms with E-state index >= 15 is 0 Å². The number of hydrogen-bond donors (Lipinski definition) is 1. The molecule has 0 spiro atoms. The predicted molar refractivity (Wildman–Crippen MR) is 52.1 cm³/mol. The van der Waals surface area contributed by atoms with Crippen LogP contribution in [0.1, 0.15) is 12.0 Å². The summed E-state index contributed by atoms with van der Waals surface area (Å²) in [6, 6.07) is 0. The number of pyridine rings is 1. The fourth-order valence-electron chi connectivity index (χ4n) is 1.00. The van der Waals surface area contributed by atoms with Crippen LogP contribution in [0.5, 0.6) is 5.75 Å². The number of ether oxygens (including phenoxy) is 1. The van der Waals surface area contributed by atoms with Crippen LogP contribution in [0.3, 0.4) is 0 Å². The van der Waals surface area contributed by atoms with Crippen LogP contribution in [0.25, 0.3) is 0 Å². The van der Waals surface area contributed by atoms with Gasteiger partial charge in [-0.2, -0.15) is 0 Å². The van der Waals surface area contributed by atoms with Crippen LogP contribution in [-0.4, -0.2) is 20.5 Å². The van der Waals surface area contributed by atoms with Crippen molar-refractivity contribution in [2.75, 3.05) is 7.11 Å². The smallest absolute Gasteiger partial charge is 0.266 e. The molecule has 1 aromatic rings. The van der Waals surface area contributed by atoms with Gasteiger partial charge in [0.05, 0.1) is 17.7 Å². The first-order valence-electron chi connectivity index (χ1n) is 3.82. The minimum atomic E-state index is -4.18. The molecule has 0 amide bonds.